The highest BCUT2D eigenvalue weighted by Crippen LogP contribution is 2.34. The van der Waals surface area contributed by atoms with Gasteiger partial charge < -0.3 is 15.2 Å². The van der Waals surface area contributed by atoms with Crippen LogP contribution in [0.15, 0.2) is 82.4 Å². The summed E-state index contributed by atoms with van der Waals surface area (Å²) in [5, 5.41) is 12.8. The quantitative estimate of drug-likeness (QED) is 0.243. The van der Waals surface area contributed by atoms with E-state index in [0.717, 1.165) is 21.3 Å². The second-order valence-corrected chi connectivity index (χ2v) is 11.2. The number of nitrogens with zero attached hydrogens (tertiary/aromatic N) is 2. The van der Waals surface area contributed by atoms with Crippen LogP contribution in [0.5, 0.6) is 5.75 Å². The fourth-order valence-corrected chi connectivity index (χ4v) is 4.84. The van der Waals surface area contributed by atoms with E-state index in [1.807, 2.05) is 0 Å². The minimum atomic E-state index is -4.92. The maximum atomic E-state index is 14.9. The molecular formula is C32H31F4N3O5. The summed E-state index contributed by atoms with van der Waals surface area (Å²) in [6.07, 6.45) is -5.76. The smallest absolute Gasteiger partial charge is 0.416 e. The molecule has 232 valence electrons. The molecule has 1 amide bonds. The third-order valence-corrected chi connectivity index (χ3v) is 6.82. The Labute approximate surface area is 250 Å². The van der Waals surface area contributed by atoms with E-state index < -0.39 is 65.2 Å². The Morgan fingerprint density at radius 3 is 2.23 bits per heavy atom. The summed E-state index contributed by atoms with van der Waals surface area (Å²) in [5.41, 5.74) is -4.25. The molecule has 44 heavy (non-hydrogen) atoms. The third kappa shape index (κ3) is 7.19. The van der Waals surface area contributed by atoms with Crippen LogP contribution in [0, 0.1) is 12.7 Å². The second-order valence-electron chi connectivity index (χ2n) is 11.2. The molecule has 0 saturated heterocycles. The number of aromatic hydroxyl groups is 1. The van der Waals surface area contributed by atoms with Crippen molar-refractivity contribution < 1.29 is 32.2 Å². The van der Waals surface area contributed by atoms with Crippen molar-refractivity contribution in [2.45, 2.75) is 58.6 Å². The summed E-state index contributed by atoms with van der Waals surface area (Å²) >= 11 is 0. The number of hydrogen-bond donors (Lipinski definition) is 2. The fourth-order valence-electron chi connectivity index (χ4n) is 4.84. The summed E-state index contributed by atoms with van der Waals surface area (Å²) in [6, 6.07) is 15.5. The Bertz CT molecular complexity index is 1790. The average Bonchev–Trinajstić information content (AvgIpc) is 2.92. The number of amides is 1. The number of ether oxygens (including phenoxy) is 1. The zero-order valence-corrected chi connectivity index (χ0v) is 24.4. The van der Waals surface area contributed by atoms with Gasteiger partial charge >= 0.3 is 18.0 Å². The molecule has 12 heteroatoms. The highest BCUT2D eigenvalue weighted by atomic mass is 19.4. The highest BCUT2D eigenvalue weighted by Gasteiger charge is 2.35. The van der Waals surface area contributed by atoms with Gasteiger partial charge in [0.1, 0.15) is 17.2 Å². The van der Waals surface area contributed by atoms with Crippen molar-refractivity contribution in [1.82, 2.24) is 14.5 Å². The van der Waals surface area contributed by atoms with Gasteiger partial charge in [0, 0.05) is 11.3 Å². The molecule has 0 aliphatic carbocycles. The number of rotatable bonds is 7. The van der Waals surface area contributed by atoms with Crippen LogP contribution in [-0.4, -0.2) is 25.9 Å². The summed E-state index contributed by atoms with van der Waals surface area (Å²) < 4.78 is 63.6. The van der Waals surface area contributed by atoms with Crippen LogP contribution in [-0.2, 0) is 24.0 Å². The molecule has 0 radical (unpaired) electrons. The Morgan fingerprint density at radius 1 is 0.955 bits per heavy atom. The molecule has 1 atom stereocenters. The topological polar surface area (TPSA) is 103 Å². The van der Waals surface area contributed by atoms with Crippen molar-refractivity contribution in [3.05, 3.63) is 122 Å². The number of carbonyl (C=O) groups is 1. The largest absolute Gasteiger partial charge is 0.508 e. The number of phenolic OH excluding ortho intramolecular Hbond substituents is 1. The minimum absolute atomic E-state index is 0.0467. The first-order chi connectivity index (χ1) is 20.6. The highest BCUT2D eigenvalue weighted by molar-refractivity contribution is 5.68. The summed E-state index contributed by atoms with van der Waals surface area (Å²) in [7, 11) is 0. The maximum Gasteiger partial charge on any atom is 0.416 e. The lowest BCUT2D eigenvalue weighted by Crippen LogP contribution is -2.46. The van der Waals surface area contributed by atoms with E-state index in [2.05, 4.69) is 5.32 Å². The number of benzene rings is 3. The predicted molar refractivity (Wildman–Crippen MR) is 156 cm³/mol. The van der Waals surface area contributed by atoms with E-state index in [-0.39, 0.29) is 22.6 Å². The minimum Gasteiger partial charge on any atom is -0.508 e. The maximum absolute atomic E-state index is 14.9. The first kappa shape index (κ1) is 32.1. The molecule has 0 spiro atoms. The number of alkyl carbamates (subject to hydrolysis) is 1. The van der Waals surface area contributed by atoms with E-state index in [4.69, 9.17) is 4.74 Å². The van der Waals surface area contributed by atoms with Gasteiger partial charge in [-0.25, -0.2) is 14.0 Å². The van der Waals surface area contributed by atoms with Crippen molar-refractivity contribution in [2.75, 3.05) is 0 Å². The molecular weight excluding hydrogens is 582 g/mol. The summed E-state index contributed by atoms with van der Waals surface area (Å²) in [5.74, 6) is -1.38. The Balaban J connectivity index is 1.95. The molecule has 1 heterocycles. The Hall–Kier alpha value is -4.87. The lowest BCUT2D eigenvalue weighted by atomic mass is 10.0. The van der Waals surface area contributed by atoms with E-state index >= 15 is 0 Å². The number of aromatic nitrogens is 2. The lowest BCUT2D eigenvalue weighted by molar-refractivity contribution is -0.138. The fraction of sp³-hybridized carbons (Fsp3) is 0.281. The first-order valence-electron chi connectivity index (χ1n) is 13.6. The van der Waals surface area contributed by atoms with E-state index in [0.29, 0.717) is 11.6 Å². The predicted octanol–water partition coefficient (Wildman–Crippen LogP) is 6.16. The van der Waals surface area contributed by atoms with Crippen molar-refractivity contribution >= 4 is 6.09 Å². The van der Waals surface area contributed by atoms with Gasteiger partial charge in [0.15, 0.2) is 0 Å². The van der Waals surface area contributed by atoms with Crippen molar-refractivity contribution in [3.8, 4) is 16.9 Å². The summed E-state index contributed by atoms with van der Waals surface area (Å²) in [6.45, 7) is 5.03. The molecule has 2 N–H and O–H groups in total. The van der Waals surface area contributed by atoms with Gasteiger partial charge in [0.05, 0.1) is 30.3 Å². The van der Waals surface area contributed by atoms with E-state index in [1.165, 1.54) is 31.2 Å². The van der Waals surface area contributed by atoms with Crippen molar-refractivity contribution in [3.63, 3.8) is 0 Å². The zero-order valence-electron chi connectivity index (χ0n) is 24.4. The van der Waals surface area contributed by atoms with Crippen molar-refractivity contribution in [2.24, 2.45) is 0 Å². The van der Waals surface area contributed by atoms with Gasteiger partial charge in [-0.1, -0.05) is 48.5 Å². The van der Waals surface area contributed by atoms with Gasteiger partial charge in [-0.3, -0.25) is 13.9 Å². The Morgan fingerprint density at radius 2 is 1.61 bits per heavy atom. The Kier molecular flexibility index (Phi) is 9.03. The van der Waals surface area contributed by atoms with Crippen LogP contribution in [0.4, 0.5) is 22.4 Å². The first-order valence-corrected chi connectivity index (χ1v) is 13.6. The van der Waals surface area contributed by atoms with Gasteiger partial charge in [0.25, 0.3) is 5.56 Å². The van der Waals surface area contributed by atoms with Crippen LogP contribution in [0.3, 0.4) is 0 Å². The monoisotopic (exact) mass is 613 g/mol. The normalized spacial score (nSPS) is 12.5. The molecule has 0 saturated carbocycles. The van der Waals surface area contributed by atoms with Crippen LogP contribution < -0.4 is 16.6 Å². The molecule has 0 aliphatic heterocycles. The van der Waals surface area contributed by atoms with Gasteiger partial charge in [-0.05, 0) is 63.1 Å². The standard InChI is InChI=1S/C32H31F4N3O5/c1-19-27(21-12-8-13-22(40)16-21)28(41)39(18-26(20-10-6-5-7-11-20)37-29(42)44-31(2,3)4)30(43)38(19)17-23-24(32(34,35)36)14-9-15-25(23)33/h5-16,26,40H,17-18H2,1-4H3,(H,37,42)/t26-/m1/s1. The van der Waals surface area contributed by atoms with Crippen LogP contribution in [0.1, 0.15) is 49.2 Å². The zero-order chi connectivity index (χ0) is 32.4. The number of carbonyl (C=O) groups excluding carboxylic acids is 1. The van der Waals surface area contributed by atoms with Crippen LogP contribution in [0.25, 0.3) is 11.1 Å². The van der Waals surface area contributed by atoms with Crippen molar-refractivity contribution in [1.29, 1.82) is 0 Å². The van der Waals surface area contributed by atoms with E-state index in [1.54, 1.807) is 51.1 Å². The number of halogens is 4. The summed E-state index contributed by atoms with van der Waals surface area (Å²) in [4.78, 5) is 40.7. The molecule has 4 rings (SSSR count). The molecule has 0 unspecified atom stereocenters. The number of alkyl halides is 3. The third-order valence-electron chi connectivity index (χ3n) is 6.82. The molecule has 8 nitrogen and oxygen atoms in total. The average molecular weight is 614 g/mol. The molecule has 4 aromatic rings. The molecule has 0 aliphatic rings. The second kappa shape index (κ2) is 12.4. The molecule has 0 bridgehead atoms. The number of hydrogen-bond acceptors (Lipinski definition) is 5. The number of phenols is 1. The van der Waals surface area contributed by atoms with Gasteiger partial charge in [0.2, 0.25) is 0 Å². The lowest BCUT2D eigenvalue weighted by Gasteiger charge is -2.25. The van der Waals surface area contributed by atoms with Gasteiger partial charge in [-0.15, -0.1) is 0 Å². The molecule has 3 aromatic carbocycles. The SMILES string of the molecule is Cc1c(-c2cccc(O)c2)c(=O)n(C[C@@H](NC(=O)OC(C)(C)C)c2ccccc2)c(=O)n1Cc1c(F)cccc1C(F)(F)F. The molecule has 0 fully saturated rings. The van der Waals surface area contributed by atoms with E-state index in [9.17, 15) is 37.1 Å². The van der Waals surface area contributed by atoms with Crippen LogP contribution >= 0.6 is 0 Å². The van der Waals surface area contributed by atoms with Crippen LogP contribution in [0.2, 0.25) is 0 Å². The number of nitrogens with one attached hydrogen (secondary N) is 1. The molecule has 1 aromatic heterocycles. The van der Waals surface area contributed by atoms with Gasteiger partial charge in [-0.2, -0.15) is 13.2 Å².